The lowest BCUT2D eigenvalue weighted by Crippen LogP contribution is -2.36. The normalized spacial score (nSPS) is 15.2. The summed E-state index contributed by atoms with van der Waals surface area (Å²) < 4.78 is 27.5. The van der Waals surface area contributed by atoms with E-state index in [1.165, 1.54) is 34.7 Å². The number of aryl methyl sites for hydroxylation is 1. The molecule has 0 bridgehead atoms. The van der Waals surface area contributed by atoms with Gasteiger partial charge in [0, 0.05) is 30.9 Å². The van der Waals surface area contributed by atoms with Crippen LogP contribution in [0, 0.1) is 17.0 Å². The van der Waals surface area contributed by atoms with E-state index in [9.17, 15) is 23.3 Å². The van der Waals surface area contributed by atoms with E-state index < -0.39 is 20.9 Å². The van der Waals surface area contributed by atoms with E-state index in [4.69, 9.17) is 0 Å². The first-order chi connectivity index (χ1) is 14.3. The molecule has 1 N–H and O–H groups in total. The minimum atomic E-state index is -3.63. The van der Waals surface area contributed by atoms with Crippen molar-refractivity contribution in [2.45, 2.75) is 31.1 Å². The Kier molecular flexibility index (Phi) is 6.63. The largest absolute Gasteiger partial charge is 0.322 e. The van der Waals surface area contributed by atoms with Crippen LogP contribution in [-0.4, -0.2) is 36.6 Å². The van der Waals surface area contributed by atoms with Crippen molar-refractivity contribution in [3.05, 3.63) is 69.8 Å². The first-order valence-corrected chi connectivity index (χ1v) is 11.1. The highest BCUT2D eigenvalue weighted by atomic mass is 32.2. The van der Waals surface area contributed by atoms with Crippen LogP contribution < -0.4 is 5.32 Å². The zero-order chi connectivity index (χ0) is 21.7. The van der Waals surface area contributed by atoms with Crippen molar-refractivity contribution >= 4 is 33.4 Å². The second-order valence-electron chi connectivity index (χ2n) is 7.08. The molecule has 158 valence electrons. The lowest BCUT2D eigenvalue weighted by molar-refractivity contribution is -0.385. The zero-order valence-electron chi connectivity index (χ0n) is 16.6. The Morgan fingerprint density at radius 3 is 2.53 bits per heavy atom. The Labute approximate surface area is 175 Å². The summed E-state index contributed by atoms with van der Waals surface area (Å²) in [7, 11) is -3.63. The number of anilines is 1. The molecule has 2 aromatic carbocycles. The lowest BCUT2D eigenvalue weighted by Gasteiger charge is -2.26. The summed E-state index contributed by atoms with van der Waals surface area (Å²) in [6.07, 6.45) is 5.23. The van der Waals surface area contributed by atoms with Crippen LogP contribution in [0.1, 0.15) is 30.4 Å². The number of hydrogen-bond acceptors (Lipinski definition) is 5. The minimum absolute atomic E-state index is 0.105. The molecule has 1 amide bonds. The van der Waals surface area contributed by atoms with Crippen LogP contribution in [0.15, 0.2) is 53.4 Å². The van der Waals surface area contributed by atoms with Crippen molar-refractivity contribution < 1.29 is 18.1 Å². The number of nitro groups is 1. The molecule has 0 radical (unpaired) electrons. The highest BCUT2D eigenvalue weighted by molar-refractivity contribution is 7.89. The molecule has 8 nitrogen and oxygen atoms in total. The van der Waals surface area contributed by atoms with E-state index in [1.807, 2.05) is 0 Å². The summed E-state index contributed by atoms with van der Waals surface area (Å²) in [6, 6.07) is 10.8. The molecule has 0 aliphatic carbocycles. The number of rotatable bonds is 6. The third kappa shape index (κ3) is 4.92. The van der Waals surface area contributed by atoms with E-state index >= 15 is 0 Å². The van der Waals surface area contributed by atoms with E-state index in [0.717, 1.165) is 19.3 Å². The van der Waals surface area contributed by atoms with Crippen LogP contribution in [0.2, 0.25) is 0 Å². The Morgan fingerprint density at radius 2 is 1.83 bits per heavy atom. The fraction of sp³-hybridized carbons (Fsp3) is 0.286. The van der Waals surface area contributed by atoms with E-state index in [-0.39, 0.29) is 10.6 Å². The number of carbonyl (C=O) groups excluding carboxylic acids is 1. The van der Waals surface area contributed by atoms with Gasteiger partial charge in [-0.15, -0.1) is 0 Å². The summed E-state index contributed by atoms with van der Waals surface area (Å²) >= 11 is 0. The highest BCUT2D eigenvalue weighted by Gasteiger charge is 2.27. The van der Waals surface area contributed by atoms with Crippen molar-refractivity contribution in [3.63, 3.8) is 0 Å². The standard InChI is InChI=1S/C21H23N3O5S/c1-16-9-11-18(15-20(16)30(28,29)23-13-5-2-6-14-23)22-21(25)12-10-17-7-3-4-8-19(17)24(26)27/h3-4,7-12,15H,2,5-6,13-14H2,1H3,(H,22,25)/b12-10+. The number of sulfonamides is 1. The van der Waals surface area contributed by atoms with Gasteiger partial charge in [0.2, 0.25) is 15.9 Å². The number of para-hydroxylation sites is 1. The minimum Gasteiger partial charge on any atom is -0.322 e. The maximum Gasteiger partial charge on any atom is 0.276 e. The first kappa shape index (κ1) is 21.7. The van der Waals surface area contributed by atoms with Crippen LogP contribution in [0.25, 0.3) is 6.08 Å². The number of benzene rings is 2. The summed E-state index contributed by atoms with van der Waals surface area (Å²) in [5.74, 6) is -0.515. The summed E-state index contributed by atoms with van der Waals surface area (Å²) in [5, 5.41) is 13.7. The smallest absolute Gasteiger partial charge is 0.276 e. The number of amides is 1. The molecule has 30 heavy (non-hydrogen) atoms. The SMILES string of the molecule is Cc1ccc(NC(=O)/C=C/c2ccccc2[N+](=O)[O-])cc1S(=O)(=O)N1CCCCC1. The molecule has 2 aromatic rings. The Balaban J connectivity index is 1.78. The Bertz CT molecular complexity index is 1090. The number of nitrogens with one attached hydrogen (secondary N) is 1. The van der Waals surface area contributed by atoms with Crippen LogP contribution in [0.5, 0.6) is 0 Å². The second kappa shape index (κ2) is 9.19. The monoisotopic (exact) mass is 429 g/mol. The van der Waals surface area contributed by atoms with E-state index in [0.29, 0.717) is 29.9 Å². The summed E-state index contributed by atoms with van der Waals surface area (Å²) in [4.78, 5) is 23.0. The molecule has 1 heterocycles. The van der Waals surface area contributed by atoms with Crippen molar-refractivity contribution in [2.75, 3.05) is 18.4 Å². The molecule has 0 aromatic heterocycles. The van der Waals surface area contributed by atoms with Crippen molar-refractivity contribution in [2.24, 2.45) is 0 Å². The fourth-order valence-electron chi connectivity index (χ4n) is 3.34. The number of piperidine rings is 1. The van der Waals surface area contributed by atoms with Gasteiger partial charge >= 0.3 is 0 Å². The summed E-state index contributed by atoms with van der Waals surface area (Å²) in [5.41, 5.74) is 1.14. The fourth-order valence-corrected chi connectivity index (χ4v) is 5.11. The highest BCUT2D eigenvalue weighted by Crippen LogP contribution is 2.26. The van der Waals surface area contributed by atoms with Gasteiger partial charge in [-0.2, -0.15) is 4.31 Å². The average molecular weight is 429 g/mol. The van der Waals surface area contributed by atoms with Gasteiger partial charge in [0.1, 0.15) is 0 Å². The van der Waals surface area contributed by atoms with Crippen LogP contribution in [0.3, 0.4) is 0 Å². The molecule has 1 fully saturated rings. The predicted molar refractivity (Wildman–Crippen MR) is 115 cm³/mol. The Hall–Kier alpha value is -3.04. The Morgan fingerprint density at radius 1 is 1.13 bits per heavy atom. The van der Waals surface area contributed by atoms with Gasteiger partial charge in [0.15, 0.2) is 0 Å². The van der Waals surface area contributed by atoms with Crippen LogP contribution in [0.4, 0.5) is 11.4 Å². The average Bonchev–Trinajstić information content (AvgIpc) is 2.74. The van der Waals surface area contributed by atoms with Gasteiger partial charge in [0.05, 0.1) is 15.4 Å². The lowest BCUT2D eigenvalue weighted by atomic mass is 10.1. The third-order valence-corrected chi connectivity index (χ3v) is 6.98. The van der Waals surface area contributed by atoms with Gasteiger partial charge in [0.25, 0.3) is 5.69 Å². The predicted octanol–water partition coefficient (Wildman–Crippen LogP) is 3.73. The third-order valence-electron chi connectivity index (χ3n) is 4.94. The van der Waals surface area contributed by atoms with Crippen LogP contribution in [-0.2, 0) is 14.8 Å². The molecule has 0 unspecified atom stereocenters. The van der Waals surface area contributed by atoms with Gasteiger partial charge < -0.3 is 5.32 Å². The molecular formula is C21H23N3O5S. The molecule has 1 aliphatic heterocycles. The molecular weight excluding hydrogens is 406 g/mol. The number of hydrogen-bond donors (Lipinski definition) is 1. The van der Waals surface area contributed by atoms with Crippen LogP contribution >= 0.6 is 0 Å². The maximum atomic E-state index is 13.0. The van der Waals surface area contributed by atoms with E-state index in [1.54, 1.807) is 31.2 Å². The zero-order valence-corrected chi connectivity index (χ0v) is 17.4. The van der Waals surface area contributed by atoms with E-state index in [2.05, 4.69) is 5.32 Å². The molecule has 0 spiro atoms. The molecule has 0 atom stereocenters. The molecule has 1 aliphatic rings. The van der Waals surface area contributed by atoms with Gasteiger partial charge in [-0.05, 0) is 49.6 Å². The quantitative estimate of drug-likeness (QED) is 0.427. The number of nitrogens with zero attached hydrogens (tertiary/aromatic N) is 2. The van der Waals surface area contributed by atoms with Crippen molar-refractivity contribution in [1.29, 1.82) is 0 Å². The molecule has 1 saturated heterocycles. The van der Waals surface area contributed by atoms with Crippen molar-refractivity contribution in [1.82, 2.24) is 4.31 Å². The summed E-state index contributed by atoms with van der Waals surface area (Å²) in [6.45, 7) is 2.71. The maximum absolute atomic E-state index is 13.0. The second-order valence-corrected chi connectivity index (χ2v) is 8.99. The van der Waals surface area contributed by atoms with Gasteiger partial charge in [-0.3, -0.25) is 14.9 Å². The molecule has 9 heteroatoms. The van der Waals surface area contributed by atoms with Crippen molar-refractivity contribution in [3.8, 4) is 0 Å². The topological polar surface area (TPSA) is 110 Å². The van der Waals surface area contributed by atoms with Gasteiger partial charge in [-0.25, -0.2) is 8.42 Å². The molecule has 3 rings (SSSR count). The first-order valence-electron chi connectivity index (χ1n) is 9.62. The molecule has 0 saturated carbocycles. The number of carbonyl (C=O) groups is 1. The van der Waals surface area contributed by atoms with Gasteiger partial charge in [-0.1, -0.05) is 24.6 Å². The number of nitro benzene ring substituents is 1.